The number of anilines is 2. The minimum absolute atomic E-state index is 0.0354. The highest BCUT2D eigenvalue weighted by molar-refractivity contribution is 5.98. The molecule has 2 aromatic rings. The zero-order valence-corrected chi connectivity index (χ0v) is 18.2. The molecule has 0 saturated carbocycles. The van der Waals surface area contributed by atoms with Crippen LogP contribution in [0.4, 0.5) is 11.4 Å². The minimum Gasteiger partial charge on any atom is -0.372 e. The molecule has 0 saturated heterocycles. The van der Waals surface area contributed by atoms with Gasteiger partial charge in [0, 0.05) is 57.4 Å². The molecule has 29 heavy (non-hydrogen) atoms. The van der Waals surface area contributed by atoms with E-state index in [1.165, 1.54) is 6.92 Å². The Bertz CT molecular complexity index is 819. The SMILES string of the molecule is CCN(CC)c1ccc(N(CC(=O)N(C)CCc2ccncc2)C(C)=O)c(C)c1. The number of hydrogen-bond donors (Lipinski definition) is 0. The topological polar surface area (TPSA) is 56.8 Å². The van der Waals surface area contributed by atoms with Crippen molar-refractivity contribution < 1.29 is 9.59 Å². The Labute approximate surface area is 174 Å². The van der Waals surface area contributed by atoms with Crippen LogP contribution < -0.4 is 9.80 Å². The van der Waals surface area contributed by atoms with Crippen LogP contribution in [0.5, 0.6) is 0 Å². The van der Waals surface area contributed by atoms with Crippen molar-refractivity contribution in [2.75, 3.05) is 43.0 Å². The summed E-state index contributed by atoms with van der Waals surface area (Å²) in [4.78, 5) is 34.5. The van der Waals surface area contributed by atoms with Gasteiger partial charge in [0.15, 0.2) is 0 Å². The van der Waals surface area contributed by atoms with Crippen LogP contribution in [0.2, 0.25) is 0 Å². The maximum atomic E-state index is 12.7. The average molecular weight is 397 g/mol. The largest absolute Gasteiger partial charge is 0.372 e. The number of carbonyl (C=O) groups is 2. The van der Waals surface area contributed by atoms with Crippen LogP contribution in [0, 0.1) is 6.92 Å². The molecule has 0 atom stereocenters. The monoisotopic (exact) mass is 396 g/mol. The van der Waals surface area contributed by atoms with Crippen molar-refractivity contribution in [3.8, 4) is 0 Å². The van der Waals surface area contributed by atoms with Crippen molar-refractivity contribution in [1.82, 2.24) is 9.88 Å². The van der Waals surface area contributed by atoms with Gasteiger partial charge in [-0.3, -0.25) is 14.6 Å². The highest BCUT2D eigenvalue weighted by Gasteiger charge is 2.20. The molecule has 2 rings (SSSR count). The van der Waals surface area contributed by atoms with Crippen LogP contribution in [0.25, 0.3) is 0 Å². The standard InChI is InChI=1S/C23H32N4O2/c1-6-26(7-2)21-8-9-22(18(3)16-21)27(19(4)28)17-23(29)25(5)15-12-20-10-13-24-14-11-20/h8-11,13-14,16H,6-7,12,15,17H2,1-5H3. The van der Waals surface area contributed by atoms with E-state index < -0.39 is 0 Å². The Hall–Kier alpha value is -2.89. The summed E-state index contributed by atoms with van der Waals surface area (Å²) in [6, 6.07) is 9.93. The summed E-state index contributed by atoms with van der Waals surface area (Å²) in [5.74, 6) is -0.221. The Morgan fingerprint density at radius 3 is 2.24 bits per heavy atom. The van der Waals surface area contributed by atoms with Crippen molar-refractivity contribution in [2.24, 2.45) is 0 Å². The third kappa shape index (κ3) is 6.04. The molecule has 1 heterocycles. The number of rotatable bonds is 9. The third-order valence-electron chi connectivity index (χ3n) is 5.18. The van der Waals surface area contributed by atoms with Crippen molar-refractivity contribution in [3.63, 3.8) is 0 Å². The maximum absolute atomic E-state index is 12.7. The molecule has 0 aliphatic carbocycles. The Morgan fingerprint density at radius 1 is 1.03 bits per heavy atom. The summed E-state index contributed by atoms with van der Waals surface area (Å²) in [5.41, 5.74) is 4.02. The van der Waals surface area contributed by atoms with E-state index in [1.807, 2.05) is 31.2 Å². The molecule has 6 heteroatoms. The van der Waals surface area contributed by atoms with E-state index in [0.29, 0.717) is 6.54 Å². The van der Waals surface area contributed by atoms with E-state index in [2.05, 4.69) is 29.8 Å². The van der Waals surface area contributed by atoms with Crippen molar-refractivity contribution >= 4 is 23.2 Å². The van der Waals surface area contributed by atoms with Crippen LogP contribution in [0.15, 0.2) is 42.7 Å². The molecule has 1 aromatic carbocycles. The molecule has 0 spiro atoms. The molecular weight excluding hydrogens is 364 g/mol. The fourth-order valence-corrected chi connectivity index (χ4v) is 3.32. The first-order valence-electron chi connectivity index (χ1n) is 10.1. The van der Waals surface area contributed by atoms with Crippen LogP contribution in [0.1, 0.15) is 31.9 Å². The number of likely N-dealkylation sites (N-methyl/N-ethyl adjacent to an activating group) is 1. The molecule has 156 valence electrons. The van der Waals surface area contributed by atoms with Crippen molar-refractivity contribution in [3.05, 3.63) is 53.9 Å². The van der Waals surface area contributed by atoms with Crippen molar-refractivity contribution in [1.29, 1.82) is 0 Å². The quantitative estimate of drug-likeness (QED) is 0.653. The number of benzene rings is 1. The lowest BCUT2D eigenvalue weighted by Crippen LogP contribution is -2.41. The number of amides is 2. The number of aromatic nitrogens is 1. The average Bonchev–Trinajstić information content (AvgIpc) is 2.72. The fourth-order valence-electron chi connectivity index (χ4n) is 3.32. The second-order valence-electron chi connectivity index (χ2n) is 7.17. The lowest BCUT2D eigenvalue weighted by atomic mass is 10.1. The summed E-state index contributed by atoms with van der Waals surface area (Å²) in [6.45, 7) is 10.2. The van der Waals surface area contributed by atoms with Gasteiger partial charge in [-0.15, -0.1) is 0 Å². The van der Waals surface area contributed by atoms with Gasteiger partial charge in [0.25, 0.3) is 0 Å². The van der Waals surface area contributed by atoms with Crippen molar-refractivity contribution in [2.45, 2.75) is 34.1 Å². The predicted molar refractivity (Wildman–Crippen MR) is 118 cm³/mol. The summed E-state index contributed by atoms with van der Waals surface area (Å²) in [7, 11) is 1.78. The predicted octanol–water partition coefficient (Wildman–Crippen LogP) is 3.29. The van der Waals surface area contributed by atoms with E-state index in [-0.39, 0.29) is 18.4 Å². The first kappa shape index (κ1) is 22.4. The van der Waals surface area contributed by atoms with E-state index in [0.717, 1.165) is 42.0 Å². The zero-order valence-electron chi connectivity index (χ0n) is 18.2. The first-order chi connectivity index (χ1) is 13.9. The lowest BCUT2D eigenvalue weighted by Gasteiger charge is -2.27. The molecule has 2 amide bonds. The highest BCUT2D eigenvalue weighted by atomic mass is 16.2. The molecule has 0 radical (unpaired) electrons. The van der Waals surface area contributed by atoms with Crippen LogP contribution in [-0.4, -0.2) is 54.9 Å². The summed E-state index contributed by atoms with van der Waals surface area (Å²) >= 11 is 0. The zero-order chi connectivity index (χ0) is 21.4. The normalized spacial score (nSPS) is 10.5. The number of pyridine rings is 1. The van der Waals surface area contributed by atoms with Gasteiger partial charge in [-0.25, -0.2) is 0 Å². The Morgan fingerprint density at radius 2 is 1.69 bits per heavy atom. The van der Waals surface area contributed by atoms with Crippen LogP contribution >= 0.6 is 0 Å². The number of nitrogens with zero attached hydrogens (tertiary/aromatic N) is 4. The number of hydrogen-bond acceptors (Lipinski definition) is 4. The van der Waals surface area contributed by atoms with Gasteiger partial charge in [0.05, 0.1) is 0 Å². The Kier molecular flexibility index (Phi) is 8.19. The smallest absolute Gasteiger partial charge is 0.242 e. The second-order valence-corrected chi connectivity index (χ2v) is 7.17. The van der Waals surface area contributed by atoms with Gasteiger partial charge in [-0.2, -0.15) is 0 Å². The first-order valence-corrected chi connectivity index (χ1v) is 10.1. The molecule has 0 fully saturated rings. The van der Waals surface area contributed by atoms with Gasteiger partial charge in [0.2, 0.25) is 11.8 Å². The Balaban J connectivity index is 2.09. The molecule has 0 unspecified atom stereocenters. The van der Waals surface area contributed by atoms with Crippen LogP contribution in [-0.2, 0) is 16.0 Å². The molecule has 0 aliphatic rings. The van der Waals surface area contributed by atoms with Gasteiger partial charge < -0.3 is 14.7 Å². The third-order valence-corrected chi connectivity index (χ3v) is 5.18. The molecule has 1 aromatic heterocycles. The number of carbonyl (C=O) groups excluding carboxylic acids is 2. The maximum Gasteiger partial charge on any atom is 0.242 e. The van der Waals surface area contributed by atoms with Gasteiger partial charge in [0.1, 0.15) is 6.54 Å². The molecule has 6 nitrogen and oxygen atoms in total. The molecule has 0 N–H and O–H groups in total. The summed E-state index contributed by atoms with van der Waals surface area (Å²) < 4.78 is 0. The van der Waals surface area contributed by atoms with Gasteiger partial charge in [-0.1, -0.05) is 0 Å². The molecular formula is C23H32N4O2. The van der Waals surface area contributed by atoms with E-state index in [1.54, 1.807) is 29.2 Å². The van der Waals surface area contributed by atoms with Crippen LogP contribution in [0.3, 0.4) is 0 Å². The second kappa shape index (κ2) is 10.6. The van der Waals surface area contributed by atoms with E-state index in [4.69, 9.17) is 0 Å². The fraction of sp³-hybridized carbons (Fsp3) is 0.435. The van der Waals surface area contributed by atoms with E-state index >= 15 is 0 Å². The minimum atomic E-state index is -0.139. The number of aryl methyl sites for hydroxylation is 1. The molecule has 0 bridgehead atoms. The summed E-state index contributed by atoms with van der Waals surface area (Å²) in [5, 5.41) is 0. The van der Waals surface area contributed by atoms with Gasteiger partial charge >= 0.3 is 0 Å². The van der Waals surface area contributed by atoms with E-state index in [9.17, 15) is 9.59 Å². The van der Waals surface area contributed by atoms with Gasteiger partial charge in [-0.05, 0) is 68.7 Å². The lowest BCUT2D eigenvalue weighted by molar-refractivity contribution is -0.130. The summed E-state index contributed by atoms with van der Waals surface area (Å²) in [6.07, 6.45) is 4.25. The highest BCUT2D eigenvalue weighted by Crippen LogP contribution is 2.26. The molecule has 0 aliphatic heterocycles.